The van der Waals surface area contributed by atoms with Crippen molar-refractivity contribution < 1.29 is 14.3 Å². The van der Waals surface area contributed by atoms with Crippen molar-refractivity contribution >= 4 is 22.6 Å². The molecule has 0 aliphatic rings. The van der Waals surface area contributed by atoms with Crippen molar-refractivity contribution in [1.82, 2.24) is 4.98 Å². The fourth-order valence-corrected chi connectivity index (χ4v) is 2.42. The van der Waals surface area contributed by atoms with Gasteiger partial charge in [0.25, 0.3) is 5.91 Å². The number of aliphatic hydroxyl groups excluding tert-OH is 1. The Hall–Kier alpha value is -3.50. The number of benzene rings is 1. The van der Waals surface area contributed by atoms with Gasteiger partial charge in [-0.25, -0.2) is 0 Å². The summed E-state index contributed by atoms with van der Waals surface area (Å²) in [7, 11) is 0. The van der Waals surface area contributed by atoms with Crippen LogP contribution in [0.1, 0.15) is 27.2 Å². The number of aryl methyl sites for hydroxylation is 1. The number of hydrogen-bond acceptors (Lipinski definition) is 6. The zero-order valence-electron chi connectivity index (χ0n) is 13.3. The van der Waals surface area contributed by atoms with E-state index in [4.69, 9.17) is 15.1 Å². The third-order valence-corrected chi connectivity index (χ3v) is 3.76. The van der Waals surface area contributed by atoms with Gasteiger partial charge in [-0.2, -0.15) is 5.26 Å². The molecule has 0 fully saturated rings. The van der Waals surface area contributed by atoms with Gasteiger partial charge < -0.3 is 14.8 Å². The van der Waals surface area contributed by atoms with E-state index in [0.717, 1.165) is 0 Å². The Morgan fingerprint density at radius 1 is 1.40 bits per heavy atom. The molecule has 25 heavy (non-hydrogen) atoms. The highest BCUT2D eigenvalue weighted by molar-refractivity contribution is 6.05. The van der Waals surface area contributed by atoms with Crippen molar-refractivity contribution in [1.29, 1.82) is 10.7 Å². The van der Waals surface area contributed by atoms with Gasteiger partial charge in [0.2, 0.25) is 5.55 Å². The lowest BCUT2D eigenvalue weighted by Gasteiger charge is -2.09. The number of pyridine rings is 1. The first-order chi connectivity index (χ1) is 12.0. The second kappa shape index (κ2) is 6.55. The molecular weight excluding hydrogens is 320 g/mol. The molecule has 0 saturated carbocycles. The van der Waals surface area contributed by atoms with Gasteiger partial charge in [0, 0.05) is 22.8 Å². The molecule has 3 rings (SSSR count). The molecule has 0 atom stereocenters. The minimum absolute atomic E-state index is 0.0390. The minimum atomic E-state index is -0.515. The topological polar surface area (TPSA) is 123 Å². The summed E-state index contributed by atoms with van der Waals surface area (Å²) in [5.41, 5.74) is 2.17. The first-order valence-electron chi connectivity index (χ1n) is 7.42. The molecule has 7 nitrogen and oxygen atoms in total. The van der Waals surface area contributed by atoms with Crippen LogP contribution >= 0.6 is 0 Å². The number of aliphatic hydroxyl groups is 1. The van der Waals surface area contributed by atoms with Gasteiger partial charge in [-0.3, -0.25) is 15.2 Å². The summed E-state index contributed by atoms with van der Waals surface area (Å²) >= 11 is 0. The second-order valence-electron chi connectivity index (χ2n) is 5.40. The van der Waals surface area contributed by atoms with Crippen molar-refractivity contribution in [2.45, 2.75) is 13.5 Å². The summed E-state index contributed by atoms with van der Waals surface area (Å²) in [6.07, 6.45) is 1.51. The fourth-order valence-electron chi connectivity index (χ4n) is 2.42. The molecule has 0 spiro atoms. The van der Waals surface area contributed by atoms with E-state index in [-0.39, 0.29) is 17.7 Å². The fraction of sp³-hybridized carbons (Fsp3) is 0.111. The number of nitrogens with one attached hydrogen (secondary N) is 2. The summed E-state index contributed by atoms with van der Waals surface area (Å²) in [5, 5.41) is 29.4. The summed E-state index contributed by atoms with van der Waals surface area (Å²) in [5.74, 6) is -0.515. The van der Waals surface area contributed by atoms with Gasteiger partial charge in [-0.1, -0.05) is 0 Å². The molecule has 0 radical (unpaired) electrons. The maximum Gasteiger partial charge on any atom is 0.261 e. The van der Waals surface area contributed by atoms with Gasteiger partial charge in [-0.15, -0.1) is 0 Å². The van der Waals surface area contributed by atoms with E-state index in [9.17, 15) is 9.90 Å². The number of carbonyl (C=O) groups is 1. The molecule has 7 heteroatoms. The van der Waals surface area contributed by atoms with E-state index >= 15 is 0 Å². The average molecular weight is 334 g/mol. The second-order valence-corrected chi connectivity index (χ2v) is 5.40. The number of aromatic nitrogens is 1. The molecule has 2 heterocycles. The van der Waals surface area contributed by atoms with Gasteiger partial charge in [-0.05, 0) is 37.3 Å². The molecule has 3 N–H and O–H groups in total. The Morgan fingerprint density at radius 2 is 2.12 bits per heavy atom. The van der Waals surface area contributed by atoms with Gasteiger partial charge >= 0.3 is 0 Å². The Labute approximate surface area is 142 Å². The number of nitrogens with zero attached hydrogens (tertiary/aromatic N) is 2. The van der Waals surface area contributed by atoms with Crippen LogP contribution in [-0.4, -0.2) is 16.0 Å². The quantitative estimate of drug-likeness (QED) is 0.678. The highest BCUT2D eigenvalue weighted by Crippen LogP contribution is 2.21. The largest absolute Gasteiger partial charge is 0.436 e. The van der Waals surface area contributed by atoms with Crippen LogP contribution < -0.4 is 10.9 Å². The smallest absolute Gasteiger partial charge is 0.261 e. The predicted octanol–water partition coefficient (Wildman–Crippen LogP) is 2.23. The normalized spacial score (nSPS) is 10.4. The molecule has 2 aromatic heterocycles. The van der Waals surface area contributed by atoms with E-state index < -0.39 is 5.91 Å². The summed E-state index contributed by atoms with van der Waals surface area (Å²) in [6.45, 7) is 1.47. The first kappa shape index (κ1) is 16.4. The number of hydrogen-bond donors (Lipinski definition) is 3. The van der Waals surface area contributed by atoms with Crippen LogP contribution in [0, 0.1) is 23.7 Å². The van der Waals surface area contributed by atoms with Crippen molar-refractivity contribution in [2.24, 2.45) is 0 Å². The Balaban J connectivity index is 2.02. The maximum atomic E-state index is 12.5. The van der Waals surface area contributed by atoms with Crippen LogP contribution in [0.15, 0.2) is 40.9 Å². The number of rotatable bonds is 3. The number of amides is 1. The third kappa shape index (κ3) is 3.11. The maximum absolute atomic E-state index is 12.5. The molecule has 124 valence electrons. The van der Waals surface area contributed by atoms with Crippen molar-refractivity contribution in [2.75, 3.05) is 5.32 Å². The van der Waals surface area contributed by atoms with E-state index in [2.05, 4.69) is 10.3 Å². The SMILES string of the molecule is Cc1ncc(CO)c2cc(C(=O)Nc3ccc(C#N)cc3)c(=N)oc12. The van der Waals surface area contributed by atoms with Gasteiger partial charge in [0.15, 0.2) is 5.58 Å². The highest BCUT2D eigenvalue weighted by Gasteiger charge is 2.15. The first-order valence-corrected chi connectivity index (χ1v) is 7.42. The molecule has 3 aromatic rings. The lowest BCUT2D eigenvalue weighted by Crippen LogP contribution is -2.21. The highest BCUT2D eigenvalue weighted by atomic mass is 16.3. The molecule has 0 aliphatic carbocycles. The average Bonchev–Trinajstić information content (AvgIpc) is 2.62. The van der Waals surface area contributed by atoms with E-state index in [1.54, 1.807) is 31.2 Å². The van der Waals surface area contributed by atoms with Gasteiger partial charge in [0.1, 0.15) is 5.56 Å². The molecule has 1 aromatic carbocycles. The van der Waals surface area contributed by atoms with Crippen LogP contribution in [0.5, 0.6) is 0 Å². The number of fused-ring (bicyclic) bond motifs is 1. The zero-order chi connectivity index (χ0) is 18.0. The van der Waals surface area contributed by atoms with Crippen molar-refractivity contribution in [3.63, 3.8) is 0 Å². The summed E-state index contributed by atoms with van der Waals surface area (Å²) in [4.78, 5) is 16.6. The Morgan fingerprint density at radius 3 is 2.76 bits per heavy atom. The minimum Gasteiger partial charge on any atom is -0.436 e. The van der Waals surface area contributed by atoms with Crippen LogP contribution in [-0.2, 0) is 6.61 Å². The van der Waals surface area contributed by atoms with Crippen molar-refractivity contribution in [3.8, 4) is 6.07 Å². The number of carbonyl (C=O) groups excluding carboxylic acids is 1. The summed E-state index contributed by atoms with van der Waals surface area (Å²) < 4.78 is 5.45. The van der Waals surface area contributed by atoms with E-state index in [0.29, 0.717) is 33.5 Å². The van der Waals surface area contributed by atoms with Crippen molar-refractivity contribution in [3.05, 3.63) is 64.5 Å². The lowest BCUT2D eigenvalue weighted by atomic mass is 10.1. The Bertz CT molecular complexity index is 1060. The van der Waals surface area contributed by atoms with Crippen LogP contribution in [0.4, 0.5) is 5.69 Å². The Kier molecular flexibility index (Phi) is 4.29. The van der Waals surface area contributed by atoms with Crippen LogP contribution in [0.3, 0.4) is 0 Å². The molecule has 1 amide bonds. The van der Waals surface area contributed by atoms with Gasteiger partial charge in [0.05, 0.1) is 23.9 Å². The summed E-state index contributed by atoms with van der Waals surface area (Å²) in [6, 6.07) is 9.89. The molecule has 0 saturated heterocycles. The third-order valence-electron chi connectivity index (χ3n) is 3.76. The number of anilines is 1. The molecular formula is C18H14N4O3. The standard InChI is InChI=1S/C18H14N4O3/c1-10-16-14(12(9-23)8-21-10)6-15(17(20)25-16)18(24)22-13-4-2-11(7-19)3-5-13/h2-6,8,20,23H,9H2,1H3,(H,22,24). The lowest BCUT2D eigenvalue weighted by molar-refractivity contribution is 0.102. The van der Waals surface area contributed by atoms with Crippen LogP contribution in [0.2, 0.25) is 0 Å². The molecule has 0 aliphatic heterocycles. The monoisotopic (exact) mass is 334 g/mol. The van der Waals surface area contributed by atoms with E-state index in [1.165, 1.54) is 12.3 Å². The molecule has 0 unspecified atom stereocenters. The predicted molar refractivity (Wildman–Crippen MR) is 89.6 cm³/mol. The van der Waals surface area contributed by atoms with Crippen LogP contribution in [0.25, 0.3) is 11.0 Å². The molecule has 0 bridgehead atoms. The zero-order valence-corrected chi connectivity index (χ0v) is 13.3. The number of nitriles is 1. The van der Waals surface area contributed by atoms with E-state index in [1.807, 2.05) is 6.07 Å².